The maximum Gasteiger partial charge on any atom is 0.243 e. The summed E-state index contributed by atoms with van der Waals surface area (Å²) in [5, 5.41) is 6.92. The molecule has 0 spiro atoms. The van der Waals surface area contributed by atoms with E-state index in [4.69, 9.17) is 4.74 Å². The van der Waals surface area contributed by atoms with Crippen LogP contribution in [-0.4, -0.2) is 50.5 Å². The lowest BCUT2D eigenvalue weighted by Gasteiger charge is -2.21. The van der Waals surface area contributed by atoms with E-state index in [1.807, 2.05) is 0 Å². The maximum atomic E-state index is 14.8. The van der Waals surface area contributed by atoms with E-state index in [0.29, 0.717) is 11.3 Å². The smallest absolute Gasteiger partial charge is 0.243 e. The van der Waals surface area contributed by atoms with Gasteiger partial charge in [-0.1, -0.05) is 13.0 Å². The summed E-state index contributed by atoms with van der Waals surface area (Å²) in [6.07, 6.45) is 5.86. The van der Waals surface area contributed by atoms with Gasteiger partial charge in [0, 0.05) is 23.9 Å². The molecule has 13 heteroatoms. The Morgan fingerprint density at radius 2 is 1.75 bits per heavy atom. The van der Waals surface area contributed by atoms with Crippen LogP contribution in [0.25, 0.3) is 17.1 Å². The number of hydrogen-bond donors (Lipinski definition) is 1. The van der Waals surface area contributed by atoms with E-state index >= 15 is 0 Å². The Hall–Kier alpha value is -4.00. The van der Waals surface area contributed by atoms with Crippen LogP contribution >= 0.6 is 0 Å². The van der Waals surface area contributed by atoms with Gasteiger partial charge in [0.15, 0.2) is 5.82 Å². The van der Waals surface area contributed by atoms with Gasteiger partial charge >= 0.3 is 0 Å². The maximum absolute atomic E-state index is 14.8. The van der Waals surface area contributed by atoms with Crippen LogP contribution in [0.4, 0.5) is 14.7 Å². The Morgan fingerprint density at radius 1 is 1.03 bits per heavy atom. The van der Waals surface area contributed by atoms with Crippen molar-refractivity contribution in [1.82, 2.24) is 29.7 Å². The Balaban J connectivity index is 1.77. The predicted octanol–water partition coefficient (Wildman–Crippen LogP) is 3.65. The fraction of sp³-hybridized carbons (Fsp3) is 0.261. The summed E-state index contributed by atoms with van der Waals surface area (Å²) in [7, 11) is -2.70. The van der Waals surface area contributed by atoms with Crippen LogP contribution in [0.15, 0.2) is 49.1 Å². The second-order valence-electron chi connectivity index (χ2n) is 8.13. The van der Waals surface area contributed by atoms with E-state index in [1.165, 1.54) is 38.7 Å². The van der Waals surface area contributed by atoms with Crippen molar-refractivity contribution in [2.24, 2.45) is 0 Å². The number of rotatable bonds is 8. The SMILES string of the molecule is COc1cnc([C@@H](C)[C@@H](C)S(=O)(=O)Nc2nnc(-c3cncc(C)c3)n2-c2c(F)cccc2F)cn1. The number of halogens is 2. The number of nitrogens with one attached hydrogen (secondary N) is 1. The average Bonchev–Trinajstić information content (AvgIpc) is 3.25. The molecular formula is C23H23F2N7O3S. The molecule has 0 fully saturated rings. The summed E-state index contributed by atoms with van der Waals surface area (Å²) in [6.45, 7) is 4.94. The van der Waals surface area contributed by atoms with Crippen molar-refractivity contribution in [3.8, 4) is 23.0 Å². The number of ether oxygens (including phenoxy) is 1. The number of pyridine rings is 1. The zero-order valence-corrected chi connectivity index (χ0v) is 20.7. The highest BCUT2D eigenvalue weighted by Crippen LogP contribution is 2.31. The molecule has 0 aliphatic heterocycles. The van der Waals surface area contributed by atoms with Gasteiger partial charge in [0.05, 0.1) is 30.4 Å². The zero-order chi connectivity index (χ0) is 26.0. The fourth-order valence-electron chi connectivity index (χ4n) is 3.53. The van der Waals surface area contributed by atoms with Crippen molar-refractivity contribution in [3.63, 3.8) is 0 Å². The van der Waals surface area contributed by atoms with Crippen molar-refractivity contribution < 1.29 is 21.9 Å². The number of methoxy groups -OCH3 is 1. The van der Waals surface area contributed by atoms with Crippen molar-refractivity contribution in [1.29, 1.82) is 0 Å². The molecule has 4 aromatic rings. The van der Waals surface area contributed by atoms with Crippen LogP contribution in [0.1, 0.15) is 31.0 Å². The van der Waals surface area contributed by atoms with Gasteiger partial charge in [0.25, 0.3) is 0 Å². The lowest BCUT2D eigenvalue weighted by Crippen LogP contribution is -2.31. The largest absolute Gasteiger partial charge is 0.480 e. The van der Waals surface area contributed by atoms with Gasteiger partial charge in [-0.15, -0.1) is 10.2 Å². The first kappa shape index (κ1) is 25.1. The number of anilines is 1. The average molecular weight is 516 g/mol. The van der Waals surface area contributed by atoms with Crippen molar-refractivity contribution in [2.75, 3.05) is 11.8 Å². The number of benzene rings is 1. The van der Waals surface area contributed by atoms with E-state index in [0.717, 1.165) is 22.3 Å². The molecule has 188 valence electrons. The lowest BCUT2D eigenvalue weighted by atomic mass is 10.1. The first-order valence-corrected chi connectivity index (χ1v) is 12.4. The standard InChI is InChI=1S/C23H23F2N7O3S/c1-13-8-16(10-26-9-13)22-29-30-23(32(22)21-17(24)6-5-7-18(21)25)31-36(33,34)15(3)14(2)19-11-28-20(35-4)12-27-19/h5-12,14-15H,1-4H3,(H,30,31)/t14-,15+/m0/s1. The molecule has 0 amide bonds. The predicted molar refractivity (Wildman–Crippen MR) is 128 cm³/mol. The topological polar surface area (TPSA) is 125 Å². The summed E-state index contributed by atoms with van der Waals surface area (Å²) in [5.74, 6) is -2.52. The number of aryl methyl sites for hydroxylation is 1. The number of nitrogens with zero attached hydrogens (tertiary/aromatic N) is 6. The summed E-state index contributed by atoms with van der Waals surface area (Å²) in [4.78, 5) is 12.4. The molecule has 10 nitrogen and oxygen atoms in total. The highest BCUT2D eigenvalue weighted by molar-refractivity contribution is 7.93. The molecule has 1 aromatic carbocycles. The molecule has 0 unspecified atom stereocenters. The van der Waals surface area contributed by atoms with Crippen molar-refractivity contribution in [3.05, 3.63) is 71.9 Å². The molecule has 0 saturated heterocycles. The van der Waals surface area contributed by atoms with Crippen LogP contribution in [0.5, 0.6) is 5.88 Å². The molecule has 0 bridgehead atoms. The van der Waals surface area contributed by atoms with Gasteiger partial charge in [0.2, 0.25) is 21.9 Å². The molecule has 3 aromatic heterocycles. The summed E-state index contributed by atoms with van der Waals surface area (Å²) in [5.41, 5.74) is 1.05. The van der Waals surface area contributed by atoms with Gasteiger partial charge < -0.3 is 4.74 Å². The van der Waals surface area contributed by atoms with Gasteiger partial charge in [0.1, 0.15) is 17.3 Å². The first-order valence-electron chi connectivity index (χ1n) is 10.8. The molecule has 0 aliphatic rings. The fourth-order valence-corrected chi connectivity index (χ4v) is 4.77. The minimum atomic E-state index is -4.14. The molecule has 2 atom stereocenters. The van der Waals surface area contributed by atoms with Gasteiger partial charge in [-0.05, 0) is 37.6 Å². The zero-order valence-electron chi connectivity index (χ0n) is 19.8. The quantitative estimate of drug-likeness (QED) is 0.377. The van der Waals surface area contributed by atoms with Crippen LogP contribution in [0.3, 0.4) is 0 Å². The Bertz CT molecular complexity index is 1470. The minimum absolute atomic E-state index is 0.00891. The second kappa shape index (κ2) is 9.93. The Labute approximate surface area is 206 Å². The van der Waals surface area contributed by atoms with E-state index in [1.54, 1.807) is 26.1 Å². The van der Waals surface area contributed by atoms with Crippen LogP contribution in [0, 0.1) is 18.6 Å². The lowest BCUT2D eigenvalue weighted by molar-refractivity contribution is 0.394. The number of hydrogen-bond acceptors (Lipinski definition) is 8. The minimum Gasteiger partial charge on any atom is -0.480 e. The Morgan fingerprint density at radius 3 is 2.36 bits per heavy atom. The highest BCUT2D eigenvalue weighted by Gasteiger charge is 2.32. The molecule has 36 heavy (non-hydrogen) atoms. The summed E-state index contributed by atoms with van der Waals surface area (Å²) < 4.78 is 64.7. The third-order valence-corrected chi connectivity index (χ3v) is 7.56. The van der Waals surface area contributed by atoms with Crippen LogP contribution < -0.4 is 9.46 Å². The highest BCUT2D eigenvalue weighted by atomic mass is 32.2. The van der Waals surface area contributed by atoms with Gasteiger partial charge in [-0.3, -0.25) is 19.3 Å². The first-order chi connectivity index (χ1) is 17.1. The second-order valence-corrected chi connectivity index (χ2v) is 10.2. The van der Waals surface area contributed by atoms with E-state index in [2.05, 4.69) is 29.9 Å². The molecule has 4 rings (SSSR count). The van der Waals surface area contributed by atoms with Crippen LogP contribution in [-0.2, 0) is 10.0 Å². The molecule has 0 aliphatic carbocycles. The third-order valence-electron chi connectivity index (χ3n) is 5.71. The number of aromatic nitrogens is 6. The summed E-state index contributed by atoms with van der Waals surface area (Å²) in [6, 6.07) is 5.01. The van der Waals surface area contributed by atoms with Crippen LogP contribution in [0.2, 0.25) is 0 Å². The third kappa shape index (κ3) is 4.87. The van der Waals surface area contributed by atoms with Crippen molar-refractivity contribution in [2.45, 2.75) is 31.9 Å². The molecule has 0 radical (unpaired) electrons. The molecule has 3 heterocycles. The van der Waals surface area contributed by atoms with Gasteiger partial charge in [-0.2, -0.15) is 0 Å². The van der Waals surface area contributed by atoms with E-state index < -0.39 is 38.5 Å². The van der Waals surface area contributed by atoms with Crippen molar-refractivity contribution >= 4 is 16.0 Å². The molecular weight excluding hydrogens is 492 g/mol. The number of para-hydroxylation sites is 1. The number of sulfonamides is 1. The normalized spacial score (nSPS) is 13.3. The van der Waals surface area contributed by atoms with Gasteiger partial charge in [-0.25, -0.2) is 22.2 Å². The van der Waals surface area contributed by atoms with E-state index in [-0.39, 0.29) is 17.7 Å². The monoisotopic (exact) mass is 515 g/mol. The molecule has 0 saturated carbocycles. The summed E-state index contributed by atoms with van der Waals surface area (Å²) >= 11 is 0. The molecule has 1 N–H and O–H groups in total. The van der Waals surface area contributed by atoms with E-state index in [9.17, 15) is 17.2 Å². The Kier molecular flexibility index (Phi) is 6.93.